The molecule has 5 nitrogen and oxygen atoms in total. The van der Waals surface area contributed by atoms with Gasteiger partial charge in [-0.05, 0) is 34.6 Å². The van der Waals surface area contributed by atoms with E-state index in [0.29, 0.717) is 5.75 Å². The van der Waals surface area contributed by atoms with E-state index in [0.717, 1.165) is 11.3 Å². The van der Waals surface area contributed by atoms with Crippen LogP contribution in [0.4, 0.5) is 4.79 Å². The van der Waals surface area contributed by atoms with Gasteiger partial charge in [-0.15, -0.1) is 0 Å². The van der Waals surface area contributed by atoms with Crippen LogP contribution in [0.2, 0.25) is 0 Å². The predicted octanol–water partition coefficient (Wildman–Crippen LogP) is 2.75. The minimum atomic E-state index is -0.714. The summed E-state index contributed by atoms with van der Waals surface area (Å²) in [6.45, 7) is 13.0. The molecule has 0 fully saturated rings. The Morgan fingerprint density at radius 3 is 2.40 bits per heavy atom. The third-order valence-electron chi connectivity index (χ3n) is 1.90. The van der Waals surface area contributed by atoms with Crippen molar-refractivity contribution in [3.63, 3.8) is 0 Å². The van der Waals surface area contributed by atoms with Crippen LogP contribution in [0.5, 0.6) is 0 Å². The number of hydrogen-bond acceptors (Lipinski definition) is 5. The largest absolute Gasteiger partial charge is 0.464 e. The van der Waals surface area contributed by atoms with Crippen LogP contribution in [-0.2, 0) is 14.3 Å². The minimum Gasteiger partial charge on any atom is -0.464 e. The summed E-state index contributed by atoms with van der Waals surface area (Å²) in [5.74, 6) is 0.698. The van der Waals surface area contributed by atoms with Gasteiger partial charge in [0.05, 0.1) is 6.61 Å². The second kappa shape index (κ2) is 8.89. The highest BCUT2D eigenvalue weighted by Gasteiger charge is 2.25. The summed E-state index contributed by atoms with van der Waals surface area (Å²) >= 11 is 1.51. The summed E-state index contributed by atoms with van der Waals surface area (Å²) in [7, 11) is 0. The summed E-state index contributed by atoms with van der Waals surface area (Å²) in [6, 6.07) is -0.714. The van der Waals surface area contributed by atoms with Crippen molar-refractivity contribution in [2.75, 3.05) is 18.1 Å². The van der Waals surface area contributed by atoms with Crippen molar-refractivity contribution in [1.82, 2.24) is 5.32 Å². The van der Waals surface area contributed by atoms with Gasteiger partial charge in [-0.2, -0.15) is 11.8 Å². The fraction of sp³-hybridized carbons (Fsp3) is 0.714. The van der Waals surface area contributed by atoms with E-state index in [2.05, 4.69) is 11.9 Å². The molecule has 0 rings (SSSR count). The average Bonchev–Trinajstić information content (AvgIpc) is 2.24. The van der Waals surface area contributed by atoms with Crippen LogP contribution in [-0.4, -0.2) is 41.8 Å². The van der Waals surface area contributed by atoms with Crippen molar-refractivity contribution in [2.24, 2.45) is 0 Å². The molecular weight excluding hydrogens is 278 g/mol. The molecule has 0 saturated heterocycles. The third-order valence-corrected chi connectivity index (χ3v) is 3.16. The number of thioether (sulfide) groups is 1. The molecular formula is C14H25NO4S. The highest BCUT2D eigenvalue weighted by molar-refractivity contribution is 7.99. The van der Waals surface area contributed by atoms with Gasteiger partial charge in [0.25, 0.3) is 0 Å². The van der Waals surface area contributed by atoms with E-state index in [9.17, 15) is 9.59 Å². The van der Waals surface area contributed by atoms with Crippen molar-refractivity contribution in [2.45, 2.75) is 46.3 Å². The van der Waals surface area contributed by atoms with E-state index in [-0.39, 0.29) is 6.61 Å². The van der Waals surface area contributed by atoms with Crippen LogP contribution in [0.1, 0.15) is 34.6 Å². The highest BCUT2D eigenvalue weighted by Crippen LogP contribution is 2.11. The Hall–Kier alpha value is -1.17. The molecule has 0 aromatic heterocycles. The molecule has 0 radical (unpaired) electrons. The Balaban J connectivity index is 4.48. The number of carbonyl (C=O) groups is 2. The molecule has 0 aliphatic heterocycles. The van der Waals surface area contributed by atoms with Gasteiger partial charge in [-0.1, -0.05) is 12.2 Å². The zero-order valence-electron chi connectivity index (χ0n) is 12.9. The fourth-order valence-electron chi connectivity index (χ4n) is 1.21. The van der Waals surface area contributed by atoms with E-state index in [1.54, 1.807) is 27.7 Å². The standard InChI is InChI=1S/C14H25NO4S/c1-7-18-12(16)11(9-20-8-10(2)3)15-13(17)19-14(4,5)6/h11H,2,7-9H2,1,3-6H3,(H,15,17)/t11-/m0/s1. The second-order valence-electron chi connectivity index (χ2n) is 5.42. The van der Waals surface area contributed by atoms with Crippen molar-refractivity contribution in [1.29, 1.82) is 0 Å². The lowest BCUT2D eigenvalue weighted by Crippen LogP contribution is -2.45. The quantitative estimate of drug-likeness (QED) is 0.579. The Bertz CT molecular complexity index is 350. The van der Waals surface area contributed by atoms with Gasteiger partial charge in [-0.3, -0.25) is 0 Å². The lowest BCUT2D eigenvalue weighted by Gasteiger charge is -2.22. The van der Waals surface area contributed by atoms with Crippen LogP contribution >= 0.6 is 11.8 Å². The van der Waals surface area contributed by atoms with Crippen molar-refractivity contribution >= 4 is 23.8 Å². The van der Waals surface area contributed by atoms with Gasteiger partial charge in [0, 0.05) is 11.5 Å². The number of amides is 1. The highest BCUT2D eigenvalue weighted by atomic mass is 32.2. The van der Waals surface area contributed by atoms with Crippen LogP contribution in [0, 0.1) is 0 Å². The molecule has 6 heteroatoms. The number of hydrogen-bond donors (Lipinski definition) is 1. The van der Waals surface area contributed by atoms with Crippen LogP contribution in [0.15, 0.2) is 12.2 Å². The van der Waals surface area contributed by atoms with E-state index in [1.807, 2.05) is 6.92 Å². The van der Waals surface area contributed by atoms with E-state index >= 15 is 0 Å². The molecule has 20 heavy (non-hydrogen) atoms. The number of carbonyl (C=O) groups excluding carboxylic acids is 2. The summed E-state index contributed by atoms with van der Waals surface area (Å²) in [5.41, 5.74) is 0.406. The Labute approximate surface area is 125 Å². The Morgan fingerprint density at radius 2 is 1.95 bits per heavy atom. The first-order valence-corrected chi connectivity index (χ1v) is 7.69. The van der Waals surface area contributed by atoms with Gasteiger partial charge in [-0.25, -0.2) is 9.59 Å². The zero-order valence-corrected chi connectivity index (χ0v) is 13.8. The number of rotatable bonds is 7. The fourth-order valence-corrected chi connectivity index (χ4v) is 2.13. The maximum absolute atomic E-state index is 11.8. The molecule has 116 valence electrons. The molecule has 0 spiro atoms. The normalized spacial score (nSPS) is 12.4. The number of nitrogens with one attached hydrogen (secondary N) is 1. The van der Waals surface area contributed by atoms with E-state index in [1.165, 1.54) is 11.8 Å². The molecule has 0 aliphatic carbocycles. The molecule has 0 unspecified atom stereocenters. The summed E-state index contributed by atoms with van der Waals surface area (Å²) in [5, 5.41) is 2.55. The number of esters is 1. The van der Waals surface area contributed by atoms with Gasteiger partial charge < -0.3 is 14.8 Å². The van der Waals surface area contributed by atoms with Crippen molar-refractivity contribution < 1.29 is 19.1 Å². The molecule has 0 aliphatic rings. The monoisotopic (exact) mass is 303 g/mol. The lowest BCUT2D eigenvalue weighted by atomic mass is 10.2. The maximum Gasteiger partial charge on any atom is 0.408 e. The molecule has 0 aromatic rings. The summed E-state index contributed by atoms with van der Waals surface area (Å²) in [6.07, 6.45) is -0.619. The van der Waals surface area contributed by atoms with Crippen LogP contribution in [0.3, 0.4) is 0 Å². The van der Waals surface area contributed by atoms with Gasteiger partial charge in [0.2, 0.25) is 0 Å². The number of ether oxygens (including phenoxy) is 2. The molecule has 1 N–H and O–H groups in total. The van der Waals surface area contributed by atoms with Gasteiger partial charge >= 0.3 is 12.1 Å². The molecule has 0 saturated carbocycles. The SMILES string of the molecule is C=C(C)CSC[C@H](NC(=O)OC(C)(C)C)C(=O)OCC. The molecule has 1 amide bonds. The second-order valence-corrected chi connectivity index (χ2v) is 6.45. The van der Waals surface area contributed by atoms with E-state index < -0.39 is 23.7 Å². The lowest BCUT2D eigenvalue weighted by molar-refractivity contribution is -0.145. The minimum absolute atomic E-state index is 0.274. The van der Waals surface area contributed by atoms with Crippen LogP contribution in [0.25, 0.3) is 0 Å². The predicted molar refractivity (Wildman–Crippen MR) is 81.9 cm³/mol. The summed E-state index contributed by atoms with van der Waals surface area (Å²) in [4.78, 5) is 23.5. The third kappa shape index (κ3) is 9.72. The van der Waals surface area contributed by atoms with Gasteiger partial charge in [0.1, 0.15) is 11.6 Å². The average molecular weight is 303 g/mol. The molecule has 0 heterocycles. The molecule has 0 bridgehead atoms. The first kappa shape index (κ1) is 18.8. The molecule has 1 atom stereocenters. The first-order chi connectivity index (χ1) is 9.15. The first-order valence-electron chi connectivity index (χ1n) is 6.54. The number of alkyl carbamates (subject to hydrolysis) is 1. The van der Waals surface area contributed by atoms with Crippen molar-refractivity contribution in [3.05, 3.63) is 12.2 Å². The van der Waals surface area contributed by atoms with Gasteiger partial charge in [0.15, 0.2) is 0 Å². The smallest absolute Gasteiger partial charge is 0.408 e. The summed E-state index contributed by atoms with van der Waals surface area (Å²) < 4.78 is 10.1. The maximum atomic E-state index is 11.8. The van der Waals surface area contributed by atoms with E-state index in [4.69, 9.17) is 9.47 Å². The zero-order chi connectivity index (χ0) is 15.8. The topological polar surface area (TPSA) is 64.6 Å². The van der Waals surface area contributed by atoms with Crippen molar-refractivity contribution in [3.8, 4) is 0 Å². The Morgan fingerprint density at radius 1 is 1.35 bits per heavy atom. The molecule has 0 aromatic carbocycles. The Kier molecular flexibility index (Phi) is 8.37. The van der Waals surface area contributed by atoms with Crippen LogP contribution < -0.4 is 5.32 Å².